The average molecular weight is 989 g/mol. The number of H-pyrrole nitrogens is 1. The zero-order valence-electron chi connectivity index (χ0n) is 40.6. The van der Waals surface area contributed by atoms with E-state index in [2.05, 4.69) is 68.3 Å². The number of aliphatic hydroxyl groups is 1. The van der Waals surface area contributed by atoms with E-state index in [0.29, 0.717) is 62.4 Å². The maximum Gasteiger partial charge on any atom is 0.297 e. The average Bonchev–Trinajstić information content (AvgIpc) is 4.01. The quantitative estimate of drug-likeness (QED) is 0.0553. The van der Waals surface area contributed by atoms with Crippen molar-refractivity contribution in [3.63, 3.8) is 0 Å². The van der Waals surface area contributed by atoms with Crippen LogP contribution in [0.15, 0.2) is 77.8 Å². The molecule has 376 valence electrons. The third kappa shape index (κ3) is 9.39. The van der Waals surface area contributed by atoms with E-state index < -0.39 is 37.0 Å². The number of ether oxygens (including phenoxy) is 3. The molecule has 1 spiro atoms. The second-order valence-electron chi connectivity index (χ2n) is 21.5. The van der Waals surface area contributed by atoms with Crippen LogP contribution in [0.2, 0.25) is 0 Å². The van der Waals surface area contributed by atoms with Crippen LogP contribution in [0, 0.1) is 21.4 Å². The number of fused-ring (bicyclic) bond motifs is 2. The molecular formula is C53H64N8O9S. The third-order valence-corrected chi connectivity index (χ3v) is 17.7. The number of aromatic nitrogens is 2. The molecule has 18 heteroatoms. The predicted molar refractivity (Wildman–Crippen MR) is 269 cm³/mol. The second kappa shape index (κ2) is 18.6. The Balaban J connectivity index is 0.837. The lowest BCUT2D eigenvalue weighted by Gasteiger charge is -2.56. The van der Waals surface area contributed by atoms with E-state index in [1.165, 1.54) is 42.9 Å². The zero-order chi connectivity index (χ0) is 49.2. The highest BCUT2D eigenvalue weighted by Crippen LogP contribution is 2.54. The Bertz CT molecular complexity index is 2950. The van der Waals surface area contributed by atoms with Gasteiger partial charge in [0, 0.05) is 73.7 Å². The number of piperidine rings is 1. The fraction of sp³-hybridized carbons (Fsp3) is 0.509. The SMILES string of the molecule is CC(C)c1ccccc1[C@@H]1CCCN1C1CC2(CCN(c3ccc(C(=O)NS(=O)(=O)c4cc5c(c([N+](=O)[O-])c4)N[C@@H](C4CCC(C)(O)CC4)CO5)c(Oc4cc5cc[nH]c5nc4OC4CNC4)c3)CC2)C1. The maximum absolute atomic E-state index is 14.4. The third-order valence-electron chi connectivity index (χ3n) is 16.4. The first-order valence-corrected chi connectivity index (χ1v) is 26.9. The number of hydrogen-bond acceptors (Lipinski definition) is 14. The number of hydrogen-bond donors (Lipinski definition) is 5. The summed E-state index contributed by atoms with van der Waals surface area (Å²) in [5, 5.41) is 30.2. The number of aromatic amines is 1. The van der Waals surface area contributed by atoms with Gasteiger partial charge in [0.05, 0.1) is 27.0 Å². The summed E-state index contributed by atoms with van der Waals surface area (Å²) >= 11 is 0. The van der Waals surface area contributed by atoms with Gasteiger partial charge in [0.25, 0.3) is 27.5 Å². The number of carbonyl (C=O) groups excluding carboxylic acids is 1. The van der Waals surface area contributed by atoms with Crippen molar-refractivity contribution < 1.29 is 37.5 Å². The van der Waals surface area contributed by atoms with Gasteiger partial charge < -0.3 is 39.8 Å². The van der Waals surface area contributed by atoms with Crippen LogP contribution < -0.4 is 34.5 Å². The molecule has 2 aromatic heterocycles. The van der Waals surface area contributed by atoms with E-state index in [9.17, 15) is 28.4 Å². The van der Waals surface area contributed by atoms with Crippen LogP contribution in [0.1, 0.15) is 118 Å². The van der Waals surface area contributed by atoms with Crippen LogP contribution >= 0.6 is 0 Å². The first-order valence-electron chi connectivity index (χ1n) is 25.4. The molecule has 5 fully saturated rings. The summed E-state index contributed by atoms with van der Waals surface area (Å²) in [7, 11) is -4.71. The molecule has 2 atom stereocenters. The van der Waals surface area contributed by atoms with Crippen LogP contribution in [-0.4, -0.2) is 102 Å². The van der Waals surface area contributed by atoms with Crippen molar-refractivity contribution in [1.29, 1.82) is 0 Å². The summed E-state index contributed by atoms with van der Waals surface area (Å²) < 4.78 is 49.4. The van der Waals surface area contributed by atoms with Crippen LogP contribution in [0.5, 0.6) is 23.1 Å². The number of benzene rings is 3. The number of amides is 1. The first kappa shape index (κ1) is 47.4. The van der Waals surface area contributed by atoms with Gasteiger partial charge in [-0.15, -0.1) is 0 Å². The van der Waals surface area contributed by atoms with Gasteiger partial charge >= 0.3 is 0 Å². The zero-order valence-corrected chi connectivity index (χ0v) is 41.4. The second-order valence-corrected chi connectivity index (χ2v) is 23.2. The van der Waals surface area contributed by atoms with Crippen molar-refractivity contribution in [2.75, 3.05) is 49.5 Å². The molecule has 6 heterocycles. The van der Waals surface area contributed by atoms with Gasteiger partial charge in [0.2, 0.25) is 0 Å². The van der Waals surface area contributed by atoms with Crippen molar-refractivity contribution in [2.45, 2.75) is 126 Å². The highest BCUT2D eigenvalue weighted by atomic mass is 32.2. The summed E-state index contributed by atoms with van der Waals surface area (Å²) in [5.41, 5.74) is 3.38. The van der Waals surface area contributed by atoms with Crippen molar-refractivity contribution in [3.8, 4) is 23.1 Å². The molecule has 11 rings (SSSR count). The van der Waals surface area contributed by atoms with Crippen molar-refractivity contribution in [2.24, 2.45) is 11.3 Å². The molecule has 5 N–H and O–H groups in total. The topological polar surface area (TPSA) is 214 Å². The normalized spacial score (nSPS) is 24.7. The lowest BCUT2D eigenvalue weighted by molar-refractivity contribution is -0.384. The van der Waals surface area contributed by atoms with Crippen molar-refractivity contribution >= 4 is 44.0 Å². The maximum atomic E-state index is 14.4. The van der Waals surface area contributed by atoms with E-state index in [-0.39, 0.29) is 64.5 Å². The van der Waals surface area contributed by atoms with Gasteiger partial charge in [-0.3, -0.25) is 19.8 Å². The number of nitro benzene ring substituents is 1. The minimum absolute atomic E-state index is 0.00492. The number of pyridine rings is 1. The highest BCUT2D eigenvalue weighted by Gasteiger charge is 2.50. The smallest absolute Gasteiger partial charge is 0.297 e. The number of rotatable bonds is 13. The van der Waals surface area contributed by atoms with E-state index in [1.54, 1.807) is 24.4 Å². The highest BCUT2D eigenvalue weighted by molar-refractivity contribution is 7.90. The van der Waals surface area contributed by atoms with Gasteiger partial charge in [0.1, 0.15) is 24.1 Å². The largest absolute Gasteiger partial charge is 0.489 e. The Morgan fingerprint density at radius 3 is 2.49 bits per heavy atom. The number of nitrogens with one attached hydrogen (secondary N) is 4. The Morgan fingerprint density at radius 1 is 0.986 bits per heavy atom. The fourth-order valence-corrected chi connectivity index (χ4v) is 13.1. The molecule has 1 amide bonds. The van der Waals surface area contributed by atoms with E-state index in [4.69, 9.17) is 19.2 Å². The molecule has 5 aromatic rings. The van der Waals surface area contributed by atoms with Gasteiger partial charge in [-0.1, -0.05) is 38.1 Å². The van der Waals surface area contributed by atoms with Crippen LogP contribution in [0.25, 0.3) is 11.0 Å². The molecule has 4 aliphatic heterocycles. The molecule has 3 saturated heterocycles. The van der Waals surface area contributed by atoms with Crippen molar-refractivity contribution in [1.82, 2.24) is 24.9 Å². The number of anilines is 2. The minimum Gasteiger partial charge on any atom is -0.489 e. The standard InChI is InChI=1S/C53H64N8O9S/c1-32(2)39-7-4-5-8-40(39)43-9-6-20-60(43)36-27-53(28-36)17-21-59(22-18-53)35-10-11-41(45(24-35)70-47-23-34-14-19-55-49(34)57-51(47)69-37-29-54-30-37)50(62)58-71(66,67)38-25-44(61(64)65)48-46(26-38)68-31-42(56-48)33-12-15-52(3,63)16-13-33/h4-5,7-8,10-11,14,19,23-26,32-33,36-37,42-43,54,56,63H,6,9,12-13,15-18,20-22,27-31H2,1-3H3,(H,55,57)(H,58,62)/t33?,42-,43+,52?/m1/s1. The molecule has 0 bridgehead atoms. The Hall–Kier alpha value is -5.95. The number of carbonyl (C=O) groups is 1. The van der Waals surface area contributed by atoms with Gasteiger partial charge in [-0.2, -0.15) is 4.98 Å². The molecule has 6 aliphatic rings. The van der Waals surface area contributed by atoms with Crippen molar-refractivity contribution in [3.05, 3.63) is 99.7 Å². The van der Waals surface area contributed by atoms with Crippen LogP contribution in [-0.2, 0) is 10.0 Å². The summed E-state index contributed by atoms with van der Waals surface area (Å²) in [5.74, 6) is 0.142. The molecule has 71 heavy (non-hydrogen) atoms. The summed E-state index contributed by atoms with van der Waals surface area (Å²) in [4.78, 5) is 38.6. The molecule has 17 nitrogen and oxygen atoms in total. The Labute approximate surface area is 414 Å². The van der Waals surface area contributed by atoms with Gasteiger partial charge in [-0.25, -0.2) is 13.1 Å². The van der Waals surface area contributed by atoms with E-state index >= 15 is 0 Å². The lowest BCUT2D eigenvalue weighted by Crippen LogP contribution is -2.54. The molecule has 0 unspecified atom stereocenters. The number of nitrogens with zero attached hydrogens (tertiary/aromatic N) is 4. The molecule has 2 aliphatic carbocycles. The predicted octanol–water partition coefficient (Wildman–Crippen LogP) is 8.56. The van der Waals surface area contributed by atoms with Crippen LogP contribution in [0.4, 0.5) is 17.1 Å². The molecule has 0 radical (unpaired) electrons. The number of likely N-dealkylation sites (tertiary alicyclic amines) is 1. The van der Waals surface area contributed by atoms with E-state index in [1.807, 2.05) is 19.1 Å². The summed E-state index contributed by atoms with van der Waals surface area (Å²) in [6.07, 6.45) is 11.0. The van der Waals surface area contributed by atoms with Gasteiger partial charge in [0.15, 0.2) is 17.2 Å². The molecule has 3 aromatic carbocycles. The van der Waals surface area contributed by atoms with E-state index in [0.717, 1.165) is 49.6 Å². The minimum atomic E-state index is -4.71. The fourth-order valence-electron chi connectivity index (χ4n) is 12.1. The summed E-state index contributed by atoms with van der Waals surface area (Å²) in [6, 6.07) is 20.7. The number of nitro groups is 1. The Kier molecular flexibility index (Phi) is 12.4. The number of sulfonamides is 1. The molecular weight excluding hydrogens is 925 g/mol. The monoisotopic (exact) mass is 988 g/mol. The first-order chi connectivity index (χ1) is 34.1. The van der Waals surface area contributed by atoms with Crippen LogP contribution in [0.3, 0.4) is 0 Å². The lowest BCUT2D eigenvalue weighted by atomic mass is 9.59. The summed E-state index contributed by atoms with van der Waals surface area (Å²) in [6.45, 7) is 10.5. The molecule has 2 saturated carbocycles. The Morgan fingerprint density at radius 2 is 1.76 bits per heavy atom. The van der Waals surface area contributed by atoms with Gasteiger partial charge in [-0.05, 0) is 130 Å².